The van der Waals surface area contributed by atoms with E-state index in [0.29, 0.717) is 12.3 Å². The zero-order chi connectivity index (χ0) is 17.2. The number of aryl methyl sites for hydroxylation is 1. The van der Waals surface area contributed by atoms with Gasteiger partial charge in [-0.25, -0.2) is 4.39 Å². The summed E-state index contributed by atoms with van der Waals surface area (Å²) in [5.41, 5.74) is 4.14. The SMILES string of the molecule is Cc1ccc(CN2CCOC2c2ccn(-c3ccccc3F)c2)cc1. The van der Waals surface area contributed by atoms with E-state index in [-0.39, 0.29) is 12.0 Å². The Hall–Kier alpha value is -2.43. The van der Waals surface area contributed by atoms with Crippen LogP contribution in [0.2, 0.25) is 0 Å². The van der Waals surface area contributed by atoms with E-state index in [1.165, 1.54) is 17.2 Å². The average molecular weight is 336 g/mol. The standard InChI is InChI=1S/C21H21FN2O/c1-16-6-8-17(9-7-16)14-24-12-13-25-21(24)18-10-11-23(15-18)20-5-3-2-4-19(20)22/h2-11,15,21H,12-14H2,1H3. The van der Waals surface area contributed by atoms with Crippen LogP contribution in [0.5, 0.6) is 0 Å². The van der Waals surface area contributed by atoms with Crippen LogP contribution < -0.4 is 0 Å². The highest BCUT2D eigenvalue weighted by Crippen LogP contribution is 2.29. The molecule has 128 valence electrons. The molecule has 0 amide bonds. The molecule has 1 aliphatic rings. The summed E-state index contributed by atoms with van der Waals surface area (Å²) in [6, 6.07) is 17.4. The lowest BCUT2D eigenvalue weighted by Crippen LogP contribution is -2.23. The second-order valence-electron chi connectivity index (χ2n) is 6.48. The van der Waals surface area contributed by atoms with E-state index in [1.807, 2.05) is 29.1 Å². The fraction of sp³-hybridized carbons (Fsp3) is 0.238. The van der Waals surface area contributed by atoms with Crippen LogP contribution >= 0.6 is 0 Å². The van der Waals surface area contributed by atoms with E-state index in [2.05, 4.69) is 36.1 Å². The second-order valence-corrected chi connectivity index (χ2v) is 6.48. The van der Waals surface area contributed by atoms with Gasteiger partial charge in [0.15, 0.2) is 0 Å². The molecule has 1 saturated heterocycles. The molecule has 1 aromatic heterocycles. The van der Waals surface area contributed by atoms with Crippen molar-refractivity contribution < 1.29 is 9.13 Å². The van der Waals surface area contributed by atoms with Crippen LogP contribution in [0.1, 0.15) is 22.9 Å². The zero-order valence-electron chi connectivity index (χ0n) is 14.2. The van der Waals surface area contributed by atoms with Crippen LogP contribution in [0.4, 0.5) is 4.39 Å². The fourth-order valence-corrected chi connectivity index (χ4v) is 3.27. The molecule has 2 heterocycles. The molecule has 1 atom stereocenters. The Morgan fingerprint density at radius 2 is 1.88 bits per heavy atom. The first-order chi connectivity index (χ1) is 12.2. The molecular weight excluding hydrogens is 315 g/mol. The third-order valence-electron chi connectivity index (χ3n) is 4.62. The predicted molar refractivity (Wildman–Crippen MR) is 96.0 cm³/mol. The summed E-state index contributed by atoms with van der Waals surface area (Å²) in [5.74, 6) is -0.228. The van der Waals surface area contributed by atoms with Crippen molar-refractivity contribution in [2.45, 2.75) is 19.7 Å². The number of para-hydroxylation sites is 1. The van der Waals surface area contributed by atoms with Gasteiger partial charge in [-0.3, -0.25) is 4.90 Å². The number of halogens is 1. The van der Waals surface area contributed by atoms with Crippen molar-refractivity contribution in [2.24, 2.45) is 0 Å². The summed E-state index contributed by atoms with van der Waals surface area (Å²) in [6.07, 6.45) is 3.75. The minimum absolute atomic E-state index is 0.0886. The van der Waals surface area contributed by atoms with Gasteiger partial charge in [0, 0.05) is 31.0 Å². The smallest absolute Gasteiger partial charge is 0.147 e. The van der Waals surface area contributed by atoms with E-state index >= 15 is 0 Å². The summed E-state index contributed by atoms with van der Waals surface area (Å²) < 4.78 is 21.8. The maximum absolute atomic E-state index is 14.0. The third kappa shape index (κ3) is 3.36. The topological polar surface area (TPSA) is 17.4 Å². The summed E-state index contributed by atoms with van der Waals surface area (Å²) >= 11 is 0. The van der Waals surface area contributed by atoms with Crippen molar-refractivity contribution >= 4 is 0 Å². The Kier molecular flexibility index (Phi) is 4.38. The maximum Gasteiger partial charge on any atom is 0.147 e. The number of ether oxygens (including phenoxy) is 1. The molecule has 0 radical (unpaired) electrons. The van der Waals surface area contributed by atoms with Crippen molar-refractivity contribution in [1.29, 1.82) is 0 Å². The minimum atomic E-state index is -0.228. The number of aromatic nitrogens is 1. The molecule has 25 heavy (non-hydrogen) atoms. The van der Waals surface area contributed by atoms with E-state index in [4.69, 9.17) is 4.74 Å². The zero-order valence-corrected chi connectivity index (χ0v) is 14.2. The van der Waals surface area contributed by atoms with Crippen LogP contribution in [-0.4, -0.2) is 22.6 Å². The summed E-state index contributed by atoms with van der Waals surface area (Å²) in [4.78, 5) is 2.31. The number of benzene rings is 2. The molecule has 2 aromatic carbocycles. The average Bonchev–Trinajstić information content (AvgIpc) is 3.26. The Labute approximate surface area is 147 Å². The van der Waals surface area contributed by atoms with E-state index in [1.54, 1.807) is 12.1 Å². The van der Waals surface area contributed by atoms with Crippen LogP contribution in [0, 0.1) is 12.7 Å². The Balaban J connectivity index is 1.55. The molecule has 1 aliphatic heterocycles. The monoisotopic (exact) mass is 336 g/mol. The quantitative estimate of drug-likeness (QED) is 0.700. The second kappa shape index (κ2) is 6.82. The first-order valence-electron chi connectivity index (χ1n) is 8.55. The van der Waals surface area contributed by atoms with Gasteiger partial charge in [0.25, 0.3) is 0 Å². The highest BCUT2D eigenvalue weighted by Gasteiger charge is 2.27. The van der Waals surface area contributed by atoms with E-state index < -0.39 is 0 Å². The number of nitrogens with zero attached hydrogens (tertiary/aromatic N) is 2. The Morgan fingerprint density at radius 3 is 2.68 bits per heavy atom. The lowest BCUT2D eigenvalue weighted by atomic mass is 10.1. The first-order valence-corrected chi connectivity index (χ1v) is 8.55. The highest BCUT2D eigenvalue weighted by atomic mass is 19.1. The van der Waals surface area contributed by atoms with Crippen molar-refractivity contribution in [3.63, 3.8) is 0 Å². The normalized spacial score (nSPS) is 17.9. The molecule has 1 unspecified atom stereocenters. The van der Waals surface area contributed by atoms with Gasteiger partial charge in [0.2, 0.25) is 0 Å². The van der Waals surface area contributed by atoms with Crippen molar-refractivity contribution in [2.75, 3.05) is 13.2 Å². The van der Waals surface area contributed by atoms with E-state index in [9.17, 15) is 4.39 Å². The molecule has 0 bridgehead atoms. The molecule has 0 spiro atoms. The van der Waals surface area contributed by atoms with Crippen LogP contribution in [0.25, 0.3) is 5.69 Å². The molecule has 0 N–H and O–H groups in total. The van der Waals surface area contributed by atoms with Gasteiger partial charge >= 0.3 is 0 Å². The van der Waals surface area contributed by atoms with Crippen LogP contribution in [-0.2, 0) is 11.3 Å². The Bertz CT molecular complexity index is 856. The molecule has 3 nitrogen and oxygen atoms in total. The molecule has 1 fully saturated rings. The van der Waals surface area contributed by atoms with Crippen LogP contribution in [0.3, 0.4) is 0 Å². The fourth-order valence-electron chi connectivity index (χ4n) is 3.27. The predicted octanol–water partition coefficient (Wildman–Crippen LogP) is 4.46. The number of hydrogen-bond acceptors (Lipinski definition) is 2. The van der Waals surface area contributed by atoms with Gasteiger partial charge in [-0.1, -0.05) is 42.0 Å². The molecule has 3 aromatic rings. The molecule has 4 rings (SSSR count). The lowest BCUT2D eigenvalue weighted by Gasteiger charge is -2.22. The summed E-state index contributed by atoms with van der Waals surface area (Å²) in [5, 5.41) is 0. The summed E-state index contributed by atoms with van der Waals surface area (Å²) in [7, 11) is 0. The van der Waals surface area contributed by atoms with Crippen molar-refractivity contribution in [1.82, 2.24) is 9.47 Å². The minimum Gasteiger partial charge on any atom is -0.357 e. The molecule has 0 saturated carbocycles. The molecule has 0 aliphatic carbocycles. The van der Waals surface area contributed by atoms with Crippen molar-refractivity contribution in [3.05, 3.63) is 89.5 Å². The highest BCUT2D eigenvalue weighted by molar-refractivity contribution is 5.35. The Morgan fingerprint density at radius 1 is 1.08 bits per heavy atom. The van der Waals surface area contributed by atoms with Crippen LogP contribution in [0.15, 0.2) is 67.0 Å². The van der Waals surface area contributed by atoms with E-state index in [0.717, 1.165) is 18.7 Å². The molecule has 4 heteroatoms. The molecular formula is C21H21FN2O. The van der Waals surface area contributed by atoms with Gasteiger partial charge in [-0.15, -0.1) is 0 Å². The first kappa shape index (κ1) is 16.1. The maximum atomic E-state index is 14.0. The van der Waals surface area contributed by atoms with Gasteiger partial charge in [0.05, 0.1) is 12.3 Å². The lowest BCUT2D eigenvalue weighted by molar-refractivity contribution is 0.0288. The van der Waals surface area contributed by atoms with Gasteiger partial charge in [0.1, 0.15) is 12.0 Å². The number of rotatable bonds is 4. The summed E-state index contributed by atoms with van der Waals surface area (Å²) in [6.45, 7) is 4.54. The van der Waals surface area contributed by atoms with Gasteiger partial charge in [-0.2, -0.15) is 0 Å². The van der Waals surface area contributed by atoms with Crippen molar-refractivity contribution in [3.8, 4) is 5.69 Å². The number of hydrogen-bond donors (Lipinski definition) is 0. The largest absolute Gasteiger partial charge is 0.357 e. The van der Waals surface area contributed by atoms with Gasteiger partial charge < -0.3 is 9.30 Å². The third-order valence-corrected chi connectivity index (χ3v) is 4.62. The van der Waals surface area contributed by atoms with Gasteiger partial charge in [-0.05, 0) is 30.7 Å².